The Balaban J connectivity index is 1.88. The third-order valence-corrected chi connectivity index (χ3v) is 6.24. The van der Waals surface area contributed by atoms with E-state index in [0.29, 0.717) is 21.9 Å². The lowest BCUT2D eigenvalue weighted by atomic mass is 9.88. The monoisotopic (exact) mass is 362 g/mol. The van der Waals surface area contributed by atoms with Crippen molar-refractivity contribution in [2.75, 3.05) is 0 Å². The molecule has 0 spiro atoms. The van der Waals surface area contributed by atoms with Crippen molar-refractivity contribution in [2.24, 2.45) is 0 Å². The molecule has 124 valence electrons. The second-order valence-corrected chi connectivity index (χ2v) is 7.78. The van der Waals surface area contributed by atoms with Crippen LogP contribution in [0.25, 0.3) is 10.2 Å². The Morgan fingerprint density at radius 3 is 3.08 bits per heavy atom. The van der Waals surface area contributed by atoms with Crippen LogP contribution < -0.4 is 5.56 Å². The zero-order chi connectivity index (χ0) is 16.8. The van der Waals surface area contributed by atoms with Gasteiger partial charge in [0.05, 0.1) is 18.3 Å². The first-order chi connectivity index (χ1) is 11.6. The molecule has 0 amide bonds. The number of aryl methyl sites for hydroxylation is 1. The molecule has 0 radical (unpaired) electrons. The Kier molecular flexibility index (Phi) is 3.93. The van der Waals surface area contributed by atoms with Crippen LogP contribution in [0.5, 0.6) is 0 Å². The van der Waals surface area contributed by atoms with Gasteiger partial charge >= 0.3 is 0 Å². The van der Waals surface area contributed by atoms with Crippen LogP contribution in [0.1, 0.15) is 41.7 Å². The molecule has 0 saturated heterocycles. The minimum Gasteiger partial charge on any atom is -0.294 e. The number of aromatic nitrogens is 2. The number of hydrogen-bond donors (Lipinski definition) is 0. The van der Waals surface area contributed by atoms with Crippen molar-refractivity contribution in [3.8, 4) is 0 Å². The molecule has 0 fully saturated rings. The molecule has 4 rings (SSSR count). The zero-order valence-corrected chi connectivity index (χ0v) is 14.8. The van der Waals surface area contributed by atoms with Crippen molar-refractivity contribution in [2.45, 2.75) is 38.6 Å². The fourth-order valence-electron chi connectivity index (χ4n) is 3.48. The van der Waals surface area contributed by atoms with Crippen molar-refractivity contribution in [1.82, 2.24) is 9.55 Å². The molecule has 1 unspecified atom stereocenters. The van der Waals surface area contributed by atoms with E-state index in [0.717, 1.165) is 29.7 Å². The van der Waals surface area contributed by atoms with Gasteiger partial charge in [-0.25, -0.2) is 9.37 Å². The summed E-state index contributed by atoms with van der Waals surface area (Å²) in [5.74, 6) is -0.0416. The maximum Gasteiger partial charge on any atom is 0.262 e. The van der Waals surface area contributed by atoms with Crippen LogP contribution in [0.2, 0.25) is 5.02 Å². The van der Waals surface area contributed by atoms with Gasteiger partial charge in [0.25, 0.3) is 5.56 Å². The highest BCUT2D eigenvalue weighted by molar-refractivity contribution is 7.18. The molecule has 3 nitrogen and oxygen atoms in total. The van der Waals surface area contributed by atoms with Crippen LogP contribution in [0.3, 0.4) is 0 Å². The number of fused-ring (bicyclic) bond motifs is 3. The van der Waals surface area contributed by atoms with Gasteiger partial charge in [0.1, 0.15) is 10.6 Å². The lowest BCUT2D eigenvalue weighted by molar-refractivity contribution is 0.593. The summed E-state index contributed by atoms with van der Waals surface area (Å²) in [5, 5.41) is 1.03. The van der Waals surface area contributed by atoms with E-state index in [2.05, 4.69) is 11.9 Å². The summed E-state index contributed by atoms with van der Waals surface area (Å²) < 4.78 is 15.5. The highest BCUT2D eigenvalue weighted by Crippen LogP contribution is 2.39. The summed E-state index contributed by atoms with van der Waals surface area (Å²) >= 11 is 7.71. The van der Waals surface area contributed by atoms with Gasteiger partial charge in [-0.1, -0.05) is 24.6 Å². The van der Waals surface area contributed by atoms with Crippen LogP contribution >= 0.6 is 22.9 Å². The second-order valence-electron chi connectivity index (χ2n) is 6.29. The molecule has 2 aromatic heterocycles. The van der Waals surface area contributed by atoms with Crippen LogP contribution in [-0.4, -0.2) is 9.55 Å². The fourth-order valence-corrected chi connectivity index (χ4v) is 4.99. The Morgan fingerprint density at radius 1 is 1.46 bits per heavy atom. The molecule has 0 saturated carbocycles. The van der Waals surface area contributed by atoms with Gasteiger partial charge in [-0.05, 0) is 42.9 Å². The van der Waals surface area contributed by atoms with Crippen molar-refractivity contribution < 1.29 is 4.39 Å². The maximum absolute atomic E-state index is 14.0. The van der Waals surface area contributed by atoms with Crippen LogP contribution in [0.15, 0.2) is 29.3 Å². The Bertz CT molecular complexity index is 974. The van der Waals surface area contributed by atoms with Gasteiger partial charge < -0.3 is 0 Å². The van der Waals surface area contributed by atoms with Gasteiger partial charge in [-0.15, -0.1) is 11.3 Å². The summed E-state index contributed by atoms with van der Waals surface area (Å²) in [4.78, 5) is 19.5. The first-order valence-corrected chi connectivity index (χ1v) is 9.19. The third kappa shape index (κ3) is 2.47. The van der Waals surface area contributed by atoms with Gasteiger partial charge in [-0.3, -0.25) is 9.36 Å². The molecule has 1 aliphatic rings. The van der Waals surface area contributed by atoms with E-state index in [-0.39, 0.29) is 12.1 Å². The summed E-state index contributed by atoms with van der Waals surface area (Å²) in [6.07, 6.45) is 4.76. The van der Waals surface area contributed by atoms with E-state index in [4.69, 9.17) is 11.6 Å². The van der Waals surface area contributed by atoms with E-state index in [1.807, 2.05) is 0 Å². The first kappa shape index (κ1) is 15.8. The van der Waals surface area contributed by atoms with Gasteiger partial charge in [0.2, 0.25) is 0 Å². The summed E-state index contributed by atoms with van der Waals surface area (Å²) in [5.41, 5.74) is 1.36. The fraction of sp³-hybridized carbons (Fsp3) is 0.333. The largest absolute Gasteiger partial charge is 0.294 e. The topological polar surface area (TPSA) is 34.9 Å². The molecule has 1 aromatic carbocycles. The van der Waals surface area contributed by atoms with Gasteiger partial charge in [0.15, 0.2) is 0 Å². The van der Waals surface area contributed by atoms with Crippen LogP contribution in [0.4, 0.5) is 4.39 Å². The van der Waals surface area contributed by atoms with Crippen molar-refractivity contribution in [3.63, 3.8) is 0 Å². The standard InChI is InChI=1S/C18H16ClFN2OS/c1-10-4-2-7-14-15(10)16-17(24-14)21-9-22(18(16)23)8-11-12(19)5-3-6-13(11)20/h3,5-6,9-10H,2,4,7-8H2,1H3. The number of halogens is 2. The minimum atomic E-state index is -0.407. The molecule has 0 aliphatic heterocycles. The SMILES string of the molecule is CC1CCCc2sc3ncn(Cc4c(F)cccc4Cl)c(=O)c3c21. The molecular weight excluding hydrogens is 347 g/mol. The third-order valence-electron chi connectivity index (χ3n) is 4.72. The number of thiophene rings is 1. The highest BCUT2D eigenvalue weighted by atomic mass is 35.5. The number of benzene rings is 1. The smallest absolute Gasteiger partial charge is 0.262 e. The molecule has 0 N–H and O–H groups in total. The molecule has 6 heteroatoms. The quantitative estimate of drug-likeness (QED) is 0.660. The van der Waals surface area contributed by atoms with Gasteiger partial charge in [-0.2, -0.15) is 0 Å². The maximum atomic E-state index is 14.0. The van der Waals surface area contributed by atoms with E-state index in [1.165, 1.54) is 21.8 Å². The molecule has 0 bridgehead atoms. The molecule has 24 heavy (non-hydrogen) atoms. The predicted octanol–water partition coefficient (Wildman–Crippen LogP) is 4.74. The summed E-state index contributed by atoms with van der Waals surface area (Å²) in [6.45, 7) is 2.25. The molecule has 1 aliphatic carbocycles. The lowest BCUT2D eigenvalue weighted by Crippen LogP contribution is -2.22. The number of hydrogen-bond acceptors (Lipinski definition) is 3. The Labute approximate surface area is 147 Å². The van der Waals surface area contributed by atoms with Crippen molar-refractivity contribution in [1.29, 1.82) is 0 Å². The first-order valence-electron chi connectivity index (χ1n) is 8.00. The molecule has 2 heterocycles. The predicted molar refractivity (Wildman–Crippen MR) is 95.7 cm³/mol. The minimum absolute atomic E-state index is 0.0896. The van der Waals surface area contributed by atoms with Crippen molar-refractivity contribution >= 4 is 33.2 Å². The van der Waals surface area contributed by atoms with Gasteiger partial charge in [0, 0.05) is 15.5 Å². The number of rotatable bonds is 2. The summed E-state index contributed by atoms with van der Waals surface area (Å²) in [6, 6.07) is 4.54. The number of nitrogens with zero attached hydrogens (tertiary/aromatic N) is 2. The lowest BCUT2D eigenvalue weighted by Gasteiger charge is -2.18. The molecular formula is C18H16ClFN2OS. The average molecular weight is 363 g/mol. The molecule has 3 aromatic rings. The van der Waals surface area contributed by atoms with E-state index in [9.17, 15) is 9.18 Å². The Hall–Kier alpha value is -1.72. The molecule has 1 atom stereocenters. The second kappa shape index (κ2) is 5.97. The van der Waals surface area contributed by atoms with Crippen molar-refractivity contribution in [3.05, 3.63) is 61.7 Å². The van der Waals surface area contributed by atoms with Crippen LogP contribution in [-0.2, 0) is 13.0 Å². The average Bonchev–Trinajstić information content (AvgIpc) is 2.93. The van der Waals surface area contributed by atoms with E-state index < -0.39 is 5.82 Å². The normalized spacial score (nSPS) is 17.2. The highest BCUT2D eigenvalue weighted by Gasteiger charge is 2.25. The summed E-state index contributed by atoms with van der Waals surface area (Å²) in [7, 11) is 0. The zero-order valence-electron chi connectivity index (χ0n) is 13.2. The van der Waals surface area contributed by atoms with E-state index in [1.54, 1.807) is 23.5 Å². The van der Waals surface area contributed by atoms with Crippen LogP contribution in [0, 0.1) is 5.82 Å². The van der Waals surface area contributed by atoms with E-state index >= 15 is 0 Å². The Morgan fingerprint density at radius 2 is 2.29 bits per heavy atom.